The van der Waals surface area contributed by atoms with Crippen LogP contribution < -0.4 is 10.3 Å². The lowest BCUT2D eigenvalue weighted by molar-refractivity contribution is -0.758. The van der Waals surface area contributed by atoms with Crippen LogP contribution in [0.4, 0.5) is 0 Å². The summed E-state index contributed by atoms with van der Waals surface area (Å²) < 4.78 is 0. The minimum absolute atomic E-state index is 0.228. The summed E-state index contributed by atoms with van der Waals surface area (Å²) in [5, 5.41) is 8.69. The summed E-state index contributed by atoms with van der Waals surface area (Å²) in [7, 11) is 0. The van der Waals surface area contributed by atoms with Crippen molar-refractivity contribution in [3.05, 3.63) is 66.7 Å². The number of hydrogen-bond donors (Lipinski definition) is 1. The average Bonchev–Trinajstić information content (AvgIpc) is 2.55. The number of aromatic nitrogens is 3. The summed E-state index contributed by atoms with van der Waals surface area (Å²) in [6.45, 7) is 1.42. The van der Waals surface area contributed by atoms with Crippen molar-refractivity contribution >= 4 is 5.91 Å². The number of amides is 1. The predicted molar refractivity (Wildman–Crippen MR) is 83.1 cm³/mol. The van der Waals surface area contributed by atoms with Crippen LogP contribution in [0.3, 0.4) is 0 Å². The van der Waals surface area contributed by atoms with Crippen molar-refractivity contribution in [2.24, 2.45) is 0 Å². The van der Waals surface area contributed by atoms with Crippen molar-refractivity contribution in [3.63, 3.8) is 0 Å². The van der Waals surface area contributed by atoms with Gasteiger partial charge >= 0.3 is 0 Å². The molecule has 0 unspecified atom stereocenters. The molecule has 0 aliphatic heterocycles. The van der Waals surface area contributed by atoms with Gasteiger partial charge in [0.2, 0.25) is 0 Å². The van der Waals surface area contributed by atoms with E-state index in [1.807, 2.05) is 66.7 Å². The normalized spacial score (nSPS) is 10.2. The molecular formula is C17H15N4O+. The van der Waals surface area contributed by atoms with Crippen LogP contribution in [0.5, 0.6) is 0 Å². The number of nitrogens with zero attached hydrogens (tertiary/aromatic N) is 3. The highest BCUT2D eigenvalue weighted by Gasteiger charge is 2.16. The quantitative estimate of drug-likeness (QED) is 0.753. The van der Waals surface area contributed by atoms with E-state index in [0.717, 1.165) is 22.5 Å². The third-order valence-electron chi connectivity index (χ3n) is 3.07. The van der Waals surface area contributed by atoms with Crippen molar-refractivity contribution in [1.82, 2.24) is 10.2 Å². The second-order valence-corrected chi connectivity index (χ2v) is 4.80. The minimum atomic E-state index is -0.228. The van der Waals surface area contributed by atoms with Gasteiger partial charge in [-0.1, -0.05) is 66.1 Å². The van der Waals surface area contributed by atoms with Gasteiger partial charge in [0.15, 0.2) is 4.91 Å². The molecule has 0 saturated heterocycles. The van der Waals surface area contributed by atoms with Crippen molar-refractivity contribution in [2.45, 2.75) is 6.92 Å². The van der Waals surface area contributed by atoms with Gasteiger partial charge in [0.1, 0.15) is 11.4 Å². The van der Waals surface area contributed by atoms with E-state index in [1.165, 1.54) is 11.8 Å². The van der Waals surface area contributed by atoms with E-state index >= 15 is 0 Å². The maximum absolute atomic E-state index is 11.3. The first-order valence-electron chi connectivity index (χ1n) is 6.92. The van der Waals surface area contributed by atoms with E-state index in [0.29, 0.717) is 0 Å². The van der Waals surface area contributed by atoms with Gasteiger partial charge in [-0.05, 0) is 0 Å². The van der Waals surface area contributed by atoms with Crippen LogP contribution >= 0.6 is 0 Å². The topological polar surface area (TPSA) is 58.8 Å². The van der Waals surface area contributed by atoms with E-state index in [9.17, 15) is 4.79 Å². The van der Waals surface area contributed by atoms with Gasteiger partial charge in [0, 0.05) is 24.1 Å². The zero-order valence-corrected chi connectivity index (χ0v) is 12.1. The first-order valence-corrected chi connectivity index (χ1v) is 6.92. The summed E-state index contributed by atoms with van der Waals surface area (Å²) >= 11 is 0. The lowest BCUT2D eigenvalue weighted by Gasteiger charge is -2.02. The number of rotatable bonds is 3. The zero-order valence-electron chi connectivity index (χ0n) is 12.1. The highest BCUT2D eigenvalue weighted by Crippen LogP contribution is 2.20. The van der Waals surface area contributed by atoms with E-state index < -0.39 is 0 Å². The van der Waals surface area contributed by atoms with Crippen LogP contribution in [-0.2, 0) is 4.79 Å². The van der Waals surface area contributed by atoms with Crippen LogP contribution in [-0.4, -0.2) is 16.1 Å². The van der Waals surface area contributed by atoms with Crippen LogP contribution in [0.1, 0.15) is 6.92 Å². The van der Waals surface area contributed by atoms with E-state index in [2.05, 4.69) is 15.6 Å². The number of carbonyl (C=O) groups excluding carboxylic acids is 1. The van der Waals surface area contributed by atoms with Gasteiger partial charge in [-0.3, -0.25) is 4.79 Å². The first kappa shape index (κ1) is 13.9. The second-order valence-electron chi connectivity index (χ2n) is 4.80. The van der Waals surface area contributed by atoms with Crippen LogP contribution in [0.15, 0.2) is 66.7 Å². The largest absolute Gasteiger partial charge is 0.277 e. The maximum atomic E-state index is 11.3. The average molecular weight is 291 g/mol. The van der Waals surface area contributed by atoms with Gasteiger partial charge in [-0.25, -0.2) is 0 Å². The summed E-state index contributed by atoms with van der Waals surface area (Å²) in [5.74, 6) is -0.228. The molecule has 1 N–H and O–H groups in total. The fraction of sp³-hybridized carbons (Fsp3) is 0.0588. The molecule has 0 atom stereocenters. The molecule has 0 saturated carbocycles. The molecule has 22 heavy (non-hydrogen) atoms. The van der Waals surface area contributed by atoms with Crippen molar-refractivity contribution in [1.29, 1.82) is 0 Å². The molecule has 1 heterocycles. The summed E-state index contributed by atoms with van der Waals surface area (Å²) in [5.41, 5.74) is 5.98. The third-order valence-corrected chi connectivity index (χ3v) is 3.07. The van der Waals surface area contributed by atoms with Gasteiger partial charge in [-0.2, -0.15) is 0 Å². The zero-order chi connectivity index (χ0) is 15.4. The number of hydrogen-bond acceptors (Lipinski definition) is 3. The summed E-state index contributed by atoms with van der Waals surface area (Å²) in [4.78, 5) is 12.5. The molecule has 0 aliphatic rings. The second kappa shape index (κ2) is 6.13. The van der Waals surface area contributed by atoms with Crippen LogP contribution in [0.2, 0.25) is 0 Å². The molecule has 0 radical (unpaired) electrons. The molecule has 5 nitrogen and oxygen atoms in total. The van der Waals surface area contributed by atoms with Crippen molar-refractivity contribution < 1.29 is 9.70 Å². The molecule has 5 heteroatoms. The van der Waals surface area contributed by atoms with Gasteiger partial charge in [-0.15, -0.1) is 0 Å². The predicted octanol–water partition coefficient (Wildman–Crippen LogP) is 2.19. The van der Waals surface area contributed by atoms with Gasteiger partial charge in [0.25, 0.3) is 5.91 Å². The molecule has 0 aliphatic carbocycles. The standard InChI is InChI=1S/C17H14N4O/c1-13(22)18-21-19-16(14-8-4-2-5-9-14)12-17(20-21)15-10-6-3-7-11-15/h2-12H,1H3/p+1. The maximum Gasteiger partial charge on any atom is 0.277 e. The molecule has 108 valence electrons. The molecule has 1 amide bonds. The Morgan fingerprint density at radius 2 is 1.32 bits per heavy atom. The Balaban J connectivity index is 2.12. The highest BCUT2D eigenvalue weighted by molar-refractivity contribution is 5.79. The Bertz CT molecular complexity index is 731. The first-order chi connectivity index (χ1) is 10.7. The highest BCUT2D eigenvalue weighted by atomic mass is 16.2. The molecular weight excluding hydrogens is 276 g/mol. The summed E-state index contributed by atoms with van der Waals surface area (Å²) in [6.07, 6.45) is 0. The SMILES string of the molecule is CC(=O)N[n+]1nc(-c2ccccc2)cc(-c2ccccc2)n1. The smallest absolute Gasteiger partial charge is 0.269 e. The molecule has 3 aromatic rings. The fourth-order valence-corrected chi connectivity index (χ4v) is 2.10. The van der Waals surface area contributed by atoms with E-state index in [1.54, 1.807) is 0 Å². The van der Waals surface area contributed by atoms with E-state index in [4.69, 9.17) is 0 Å². The van der Waals surface area contributed by atoms with Crippen LogP contribution in [0, 0.1) is 0 Å². The van der Waals surface area contributed by atoms with Crippen LogP contribution in [0.25, 0.3) is 22.5 Å². The number of nitrogens with one attached hydrogen (secondary N) is 1. The third kappa shape index (κ3) is 3.15. The van der Waals surface area contributed by atoms with Crippen molar-refractivity contribution in [3.8, 4) is 22.5 Å². The molecule has 3 rings (SSSR count). The number of benzene rings is 2. The molecule has 0 fully saturated rings. The Kier molecular flexibility index (Phi) is 3.87. The Morgan fingerprint density at radius 1 is 0.864 bits per heavy atom. The van der Waals surface area contributed by atoms with Gasteiger partial charge in [0.05, 0.1) is 10.2 Å². The molecule has 1 aromatic heterocycles. The number of carbonyl (C=O) groups is 1. The fourth-order valence-electron chi connectivity index (χ4n) is 2.10. The summed E-state index contributed by atoms with van der Waals surface area (Å²) in [6, 6.07) is 21.5. The minimum Gasteiger partial charge on any atom is -0.269 e. The monoisotopic (exact) mass is 291 g/mol. The van der Waals surface area contributed by atoms with Gasteiger partial charge < -0.3 is 0 Å². The molecule has 0 bridgehead atoms. The molecule has 2 aromatic carbocycles. The lowest BCUT2D eigenvalue weighted by atomic mass is 10.1. The molecule has 0 spiro atoms. The Labute approximate surface area is 128 Å². The van der Waals surface area contributed by atoms with Crippen molar-refractivity contribution in [2.75, 3.05) is 5.43 Å². The Morgan fingerprint density at radius 3 is 1.73 bits per heavy atom. The van der Waals surface area contributed by atoms with E-state index in [-0.39, 0.29) is 5.91 Å². The lowest BCUT2D eigenvalue weighted by Crippen LogP contribution is -2.54. The Hall–Kier alpha value is -3.08.